The molecule has 1 N–H and O–H groups in total. The molecule has 0 amide bonds. The van der Waals surface area contributed by atoms with Gasteiger partial charge >= 0.3 is 0 Å². The van der Waals surface area contributed by atoms with Crippen LogP contribution >= 0.6 is 38.5 Å². The van der Waals surface area contributed by atoms with Crippen LogP contribution in [0.15, 0.2) is 11.0 Å². The number of hydrogen-bond acceptors (Lipinski definition) is 1. The molecule has 0 unspecified atom stereocenters. The van der Waals surface area contributed by atoms with Crippen LogP contribution in [0.1, 0.15) is 17.7 Å². The Balaban J connectivity index is 3.32. The fraction of sp³-hybridized carbons (Fsp3) is 0.286. The Kier molecular flexibility index (Phi) is 3.84. The van der Waals surface area contributed by atoms with E-state index in [-0.39, 0.29) is 0 Å². The van der Waals surface area contributed by atoms with Crippen molar-refractivity contribution in [2.75, 3.05) is 0 Å². The zero-order valence-electron chi connectivity index (χ0n) is 6.28. The molecule has 0 saturated heterocycles. The highest BCUT2D eigenvalue weighted by atomic mass is 127. The fourth-order valence-corrected chi connectivity index (χ4v) is 2.44. The third-order valence-electron chi connectivity index (χ3n) is 1.50. The first-order valence-electron chi connectivity index (χ1n) is 3.32. The van der Waals surface area contributed by atoms with E-state index < -0.39 is 17.4 Å². The molecule has 0 fully saturated rings. The molecule has 0 aromatic carbocycles. The molecule has 0 atom stereocenters. The van der Waals surface area contributed by atoms with E-state index >= 15 is 0 Å². The Labute approximate surface area is 95.0 Å². The predicted molar refractivity (Wildman–Crippen MR) is 57.4 cm³/mol. The van der Waals surface area contributed by atoms with E-state index in [2.05, 4.69) is 20.9 Å². The van der Waals surface area contributed by atoms with Gasteiger partial charge in [0, 0.05) is 17.2 Å². The molecule has 1 aromatic heterocycles. The number of alkyl halides is 3. The van der Waals surface area contributed by atoms with Gasteiger partial charge in [-0.25, -0.2) is 8.78 Å². The molecule has 0 spiro atoms. The number of H-pyrrole nitrogens is 1. The summed E-state index contributed by atoms with van der Waals surface area (Å²) in [5.74, 6) is 0. The predicted octanol–water partition coefficient (Wildman–Crippen LogP) is 2.81. The van der Waals surface area contributed by atoms with Crippen LogP contribution in [0, 0.1) is 3.57 Å². The van der Waals surface area contributed by atoms with Crippen molar-refractivity contribution in [1.82, 2.24) is 4.98 Å². The van der Waals surface area contributed by atoms with Gasteiger partial charge in [0.25, 0.3) is 6.43 Å². The van der Waals surface area contributed by atoms with Crippen LogP contribution in [0.5, 0.6) is 0 Å². The Bertz CT molecular complexity index is 366. The summed E-state index contributed by atoms with van der Waals surface area (Å²) in [5.41, 5.74) is -0.451. The van der Waals surface area contributed by atoms with Gasteiger partial charge in [0.05, 0.1) is 9.13 Å². The van der Waals surface area contributed by atoms with Gasteiger partial charge in [-0.3, -0.25) is 4.79 Å². The maximum atomic E-state index is 12.2. The van der Waals surface area contributed by atoms with E-state index in [0.717, 1.165) is 6.20 Å². The Morgan fingerprint density at radius 2 is 2.23 bits per heavy atom. The van der Waals surface area contributed by atoms with Crippen molar-refractivity contribution in [1.29, 1.82) is 0 Å². The minimum Gasteiger partial charge on any atom is -0.363 e. The van der Waals surface area contributed by atoms with Gasteiger partial charge in [0.1, 0.15) is 0 Å². The van der Waals surface area contributed by atoms with Crippen molar-refractivity contribution in [3.63, 3.8) is 0 Å². The first-order valence-corrected chi connectivity index (χ1v) is 5.52. The summed E-state index contributed by atoms with van der Waals surface area (Å²) < 4.78 is 24.7. The molecular weight excluding hydrogens is 359 g/mol. The van der Waals surface area contributed by atoms with Gasteiger partial charge in [0.15, 0.2) is 0 Å². The highest BCUT2D eigenvalue weighted by molar-refractivity contribution is 14.1. The molecule has 0 aliphatic heterocycles. The van der Waals surface area contributed by atoms with Crippen LogP contribution in [0.3, 0.4) is 0 Å². The first kappa shape index (κ1) is 11.1. The molecule has 72 valence electrons. The zero-order valence-corrected chi connectivity index (χ0v) is 10.0. The summed E-state index contributed by atoms with van der Waals surface area (Å²) in [6, 6.07) is 0. The lowest BCUT2D eigenvalue weighted by atomic mass is 10.2. The van der Waals surface area contributed by atoms with E-state index in [9.17, 15) is 13.6 Å². The fourth-order valence-electron chi connectivity index (χ4n) is 0.817. The molecular formula is C7H5BrF2INO. The number of nitrogens with one attached hydrogen (secondary N) is 1. The van der Waals surface area contributed by atoms with Crippen LogP contribution in [0.4, 0.5) is 8.78 Å². The topological polar surface area (TPSA) is 32.9 Å². The quantitative estimate of drug-likeness (QED) is 0.636. The molecule has 6 heteroatoms. The third kappa shape index (κ3) is 2.28. The maximum Gasteiger partial charge on any atom is 0.269 e. The Hall–Kier alpha value is 0.0200. The molecule has 13 heavy (non-hydrogen) atoms. The normalized spacial score (nSPS) is 10.8. The first-order chi connectivity index (χ1) is 6.07. The summed E-state index contributed by atoms with van der Waals surface area (Å²) in [7, 11) is 0. The van der Waals surface area contributed by atoms with Crippen molar-refractivity contribution in [2.45, 2.75) is 11.8 Å². The van der Waals surface area contributed by atoms with Crippen LogP contribution < -0.4 is 5.43 Å². The summed E-state index contributed by atoms with van der Waals surface area (Å²) in [4.78, 5) is 13.9. The summed E-state index contributed by atoms with van der Waals surface area (Å²) in [6.07, 6.45) is -1.66. The van der Waals surface area contributed by atoms with Crippen molar-refractivity contribution in [3.8, 4) is 0 Å². The Morgan fingerprint density at radius 3 is 2.69 bits per heavy atom. The molecule has 1 heterocycles. The van der Waals surface area contributed by atoms with Gasteiger partial charge in [-0.1, -0.05) is 15.9 Å². The van der Waals surface area contributed by atoms with E-state index in [1.165, 1.54) is 0 Å². The summed E-state index contributed by atoms with van der Waals surface area (Å²) in [6.45, 7) is 0. The zero-order chi connectivity index (χ0) is 10.0. The maximum absolute atomic E-state index is 12.2. The number of pyridine rings is 1. The second-order valence-electron chi connectivity index (χ2n) is 2.30. The van der Waals surface area contributed by atoms with Crippen LogP contribution in [-0.2, 0) is 5.33 Å². The van der Waals surface area contributed by atoms with Gasteiger partial charge < -0.3 is 4.98 Å². The largest absolute Gasteiger partial charge is 0.363 e. The SMILES string of the molecule is O=c1c(C(F)F)c[nH]c(CBr)c1I. The average Bonchev–Trinajstić information content (AvgIpc) is 2.09. The minimum atomic E-state index is -2.72. The second kappa shape index (κ2) is 4.50. The van der Waals surface area contributed by atoms with E-state index in [0.29, 0.717) is 14.6 Å². The third-order valence-corrected chi connectivity index (χ3v) is 3.20. The number of rotatable bonds is 2. The summed E-state index contributed by atoms with van der Waals surface area (Å²) >= 11 is 4.90. The molecule has 2 nitrogen and oxygen atoms in total. The van der Waals surface area contributed by atoms with E-state index in [1.807, 2.05) is 0 Å². The summed E-state index contributed by atoms with van der Waals surface area (Å²) in [5, 5.41) is 0.448. The smallest absolute Gasteiger partial charge is 0.269 e. The molecule has 0 bridgehead atoms. The Morgan fingerprint density at radius 1 is 1.62 bits per heavy atom. The van der Waals surface area contributed by atoms with Crippen LogP contribution in [-0.4, -0.2) is 4.98 Å². The van der Waals surface area contributed by atoms with E-state index in [1.54, 1.807) is 22.6 Å². The number of halogens is 4. The van der Waals surface area contributed by atoms with Crippen LogP contribution in [0.25, 0.3) is 0 Å². The average molecular weight is 364 g/mol. The molecule has 0 radical (unpaired) electrons. The molecule has 1 rings (SSSR count). The minimum absolute atomic E-state index is 0.312. The monoisotopic (exact) mass is 363 g/mol. The highest BCUT2D eigenvalue weighted by Crippen LogP contribution is 2.17. The van der Waals surface area contributed by atoms with Crippen molar-refractivity contribution < 1.29 is 8.78 Å². The van der Waals surface area contributed by atoms with E-state index in [4.69, 9.17) is 0 Å². The van der Waals surface area contributed by atoms with Gasteiger partial charge in [-0.05, 0) is 22.6 Å². The van der Waals surface area contributed by atoms with Crippen molar-refractivity contribution in [2.24, 2.45) is 0 Å². The number of aromatic amines is 1. The van der Waals surface area contributed by atoms with Crippen molar-refractivity contribution in [3.05, 3.63) is 31.2 Å². The van der Waals surface area contributed by atoms with Crippen molar-refractivity contribution >= 4 is 38.5 Å². The molecule has 1 aromatic rings. The molecule has 0 aliphatic rings. The van der Waals surface area contributed by atoms with Gasteiger partial charge in [-0.15, -0.1) is 0 Å². The van der Waals surface area contributed by atoms with Gasteiger partial charge in [0.2, 0.25) is 5.43 Å². The van der Waals surface area contributed by atoms with Gasteiger partial charge in [-0.2, -0.15) is 0 Å². The molecule has 0 aliphatic carbocycles. The molecule has 0 saturated carbocycles. The number of hydrogen-bond donors (Lipinski definition) is 1. The lowest BCUT2D eigenvalue weighted by molar-refractivity contribution is 0.149. The standard InChI is InChI=1S/C7H5BrF2INO/c8-1-4-5(11)6(13)3(2-12-4)7(9)10/h2,7H,1H2,(H,12,13). The second-order valence-corrected chi connectivity index (χ2v) is 3.94. The van der Waals surface area contributed by atoms with Crippen LogP contribution in [0.2, 0.25) is 0 Å². The lowest BCUT2D eigenvalue weighted by Crippen LogP contribution is -2.15. The lowest BCUT2D eigenvalue weighted by Gasteiger charge is -2.03. The number of aromatic nitrogens is 1. The highest BCUT2D eigenvalue weighted by Gasteiger charge is 2.15.